The summed E-state index contributed by atoms with van der Waals surface area (Å²) in [5, 5.41) is 7.89. The van der Waals surface area contributed by atoms with Crippen LogP contribution in [0.15, 0.2) is 78.9 Å². The fourth-order valence-electron chi connectivity index (χ4n) is 4.89. The van der Waals surface area contributed by atoms with Gasteiger partial charge in [-0.05, 0) is 73.2 Å². The van der Waals surface area contributed by atoms with Crippen molar-refractivity contribution in [2.45, 2.75) is 47.0 Å². The lowest BCUT2D eigenvalue weighted by Gasteiger charge is -2.24. The predicted octanol–water partition coefficient (Wildman–Crippen LogP) is 6.94. The van der Waals surface area contributed by atoms with Gasteiger partial charge in [-0.2, -0.15) is 5.10 Å². The number of hydrogen-bond donors (Lipinski definition) is 1. The van der Waals surface area contributed by atoms with Gasteiger partial charge in [-0.15, -0.1) is 0 Å². The highest BCUT2D eigenvalue weighted by Crippen LogP contribution is 2.33. The van der Waals surface area contributed by atoms with Gasteiger partial charge in [0.15, 0.2) is 0 Å². The van der Waals surface area contributed by atoms with Crippen LogP contribution in [-0.4, -0.2) is 46.7 Å². The Bertz CT molecular complexity index is 1440. The summed E-state index contributed by atoms with van der Waals surface area (Å²) in [6, 6.07) is 25.1. The Morgan fingerprint density at radius 2 is 1.66 bits per heavy atom. The third-order valence-electron chi connectivity index (χ3n) is 6.92. The van der Waals surface area contributed by atoms with E-state index in [1.165, 1.54) is 5.56 Å². The molecule has 1 heterocycles. The molecule has 0 atom stereocenters. The van der Waals surface area contributed by atoms with E-state index in [-0.39, 0.29) is 24.3 Å². The number of hydrogen-bond acceptors (Lipinski definition) is 4. The zero-order chi connectivity index (χ0) is 29.4. The first-order valence-corrected chi connectivity index (χ1v) is 14.3. The summed E-state index contributed by atoms with van der Waals surface area (Å²) in [5.41, 5.74) is 5.14. The Morgan fingerprint density at radius 1 is 0.976 bits per heavy atom. The first-order valence-electron chi connectivity index (χ1n) is 14.3. The average molecular weight is 553 g/mol. The lowest BCUT2D eigenvalue weighted by molar-refractivity contribution is -0.117. The Hall–Kier alpha value is -4.39. The first-order chi connectivity index (χ1) is 19.8. The second kappa shape index (κ2) is 13.8. The number of anilines is 1. The van der Waals surface area contributed by atoms with E-state index in [1.807, 2.05) is 99.6 Å². The monoisotopic (exact) mass is 552 g/mol. The highest BCUT2D eigenvalue weighted by atomic mass is 16.5. The Kier molecular flexibility index (Phi) is 9.95. The van der Waals surface area contributed by atoms with Crippen LogP contribution < -0.4 is 10.1 Å². The maximum Gasteiger partial charge on any atom is 0.254 e. The molecule has 0 fully saturated rings. The van der Waals surface area contributed by atoms with Crippen LogP contribution in [0.4, 0.5) is 5.82 Å². The number of unbranched alkanes of at least 4 members (excludes halogenated alkanes) is 1. The Labute approximate surface area is 243 Å². The third-order valence-corrected chi connectivity index (χ3v) is 6.92. The molecule has 0 saturated heterocycles. The molecular formula is C34H40N4O3. The number of aromatic nitrogens is 2. The Morgan fingerprint density at radius 3 is 2.27 bits per heavy atom. The van der Waals surface area contributed by atoms with Gasteiger partial charge in [-0.3, -0.25) is 9.59 Å². The third kappa shape index (κ3) is 7.42. The van der Waals surface area contributed by atoms with Crippen LogP contribution in [0.25, 0.3) is 16.8 Å². The molecular weight excluding hydrogens is 512 g/mol. The minimum Gasteiger partial charge on any atom is -0.497 e. The topological polar surface area (TPSA) is 76.5 Å². The molecule has 0 spiro atoms. The molecule has 0 aliphatic heterocycles. The molecule has 2 amide bonds. The smallest absolute Gasteiger partial charge is 0.254 e. The van der Waals surface area contributed by atoms with E-state index in [1.54, 1.807) is 16.7 Å². The van der Waals surface area contributed by atoms with Crippen molar-refractivity contribution in [3.05, 3.63) is 95.7 Å². The number of aryl methyl sites for hydroxylation is 2. The van der Waals surface area contributed by atoms with Gasteiger partial charge in [-0.25, -0.2) is 4.68 Å². The van der Waals surface area contributed by atoms with Crippen molar-refractivity contribution in [2.75, 3.05) is 25.5 Å². The van der Waals surface area contributed by atoms with Crippen LogP contribution in [0.2, 0.25) is 0 Å². The molecule has 7 heteroatoms. The van der Waals surface area contributed by atoms with Crippen molar-refractivity contribution in [2.24, 2.45) is 5.92 Å². The summed E-state index contributed by atoms with van der Waals surface area (Å²) in [5.74, 6) is 1.04. The SMILES string of the molecule is CCCCc1ccc(C(=O)N(CC(=O)Nc2c(-c3ccccc3)c(C)nn2-c2ccc(OC)cc2)CC(C)C)cc1. The van der Waals surface area contributed by atoms with E-state index in [2.05, 4.69) is 12.2 Å². The van der Waals surface area contributed by atoms with E-state index in [0.717, 1.165) is 47.5 Å². The van der Waals surface area contributed by atoms with Crippen LogP contribution >= 0.6 is 0 Å². The fourth-order valence-corrected chi connectivity index (χ4v) is 4.89. The number of amides is 2. The zero-order valence-corrected chi connectivity index (χ0v) is 24.7. The van der Waals surface area contributed by atoms with E-state index in [9.17, 15) is 9.59 Å². The molecule has 1 aromatic heterocycles. The van der Waals surface area contributed by atoms with Gasteiger partial charge in [0.2, 0.25) is 5.91 Å². The molecule has 3 aromatic carbocycles. The number of nitrogens with one attached hydrogen (secondary N) is 1. The van der Waals surface area contributed by atoms with Crippen molar-refractivity contribution in [3.63, 3.8) is 0 Å². The molecule has 0 bridgehead atoms. The fraction of sp³-hybridized carbons (Fsp3) is 0.324. The van der Waals surface area contributed by atoms with E-state index >= 15 is 0 Å². The number of carbonyl (C=O) groups excluding carboxylic acids is 2. The van der Waals surface area contributed by atoms with Crippen LogP contribution in [0.3, 0.4) is 0 Å². The van der Waals surface area contributed by atoms with E-state index in [4.69, 9.17) is 9.84 Å². The molecule has 7 nitrogen and oxygen atoms in total. The molecule has 4 aromatic rings. The second-order valence-corrected chi connectivity index (χ2v) is 10.7. The minimum atomic E-state index is -0.287. The molecule has 4 rings (SSSR count). The number of nitrogens with zero attached hydrogens (tertiary/aromatic N) is 3. The standard InChI is InChI=1S/C34H40N4O3/c1-6-7-11-26-14-16-28(17-15-26)34(40)37(22-24(2)3)23-31(39)35-33-32(27-12-9-8-10-13-27)25(4)36-38(33)29-18-20-30(41-5)21-19-29/h8-10,12-21,24H,6-7,11,22-23H2,1-5H3,(H,35,39). The second-order valence-electron chi connectivity index (χ2n) is 10.7. The zero-order valence-electron chi connectivity index (χ0n) is 24.7. The minimum absolute atomic E-state index is 0.0737. The maximum atomic E-state index is 13.6. The predicted molar refractivity (Wildman–Crippen MR) is 165 cm³/mol. The highest BCUT2D eigenvalue weighted by Gasteiger charge is 2.24. The molecule has 0 radical (unpaired) electrons. The largest absolute Gasteiger partial charge is 0.497 e. The number of ether oxygens (including phenoxy) is 1. The van der Waals surface area contributed by atoms with Crippen LogP contribution in [0.5, 0.6) is 5.75 Å². The summed E-state index contributed by atoms with van der Waals surface area (Å²) in [6.07, 6.45) is 3.24. The molecule has 0 unspecified atom stereocenters. The van der Waals surface area contributed by atoms with Crippen molar-refractivity contribution in [1.29, 1.82) is 0 Å². The average Bonchev–Trinajstić information content (AvgIpc) is 3.30. The van der Waals surface area contributed by atoms with Crippen molar-refractivity contribution in [1.82, 2.24) is 14.7 Å². The lowest BCUT2D eigenvalue weighted by atomic mass is 10.1. The molecule has 0 aliphatic rings. The molecule has 0 aliphatic carbocycles. The van der Waals surface area contributed by atoms with Gasteiger partial charge in [-0.1, -0.05) is 69.7 Å². The summed E-state index contributed by atoms with van der Waals surface area (Å²) in [4.78, 5) is 28.8. The molecule has 214 valence electrons. The number of carbonyl (C=O) groups is 2. The van der Waals surface area contributed by atoms with Gasteiger partial charge < -0.3 is 15.0 Å². The van der Waals surface area contributed by atoms with Crippen molar-refractivity contribution < 1.29 is 14.3 Å². The van der Waals surface area contributed by atoms with Crippen molar-refractivity contribution in [3.8, 4) is 22.6 Å². The maximum absolute atomic E-state index is 13.6. The molecule has 1 N–H and O–H groups in total. The normalized spacial score (nSPS) is 11.0. The van der Waals surface area contributed by atoms with Gasteiger partial charge in [0.1, 0.15) is 18.1 Å². The first kappa shape index (κ1) is 29.6. The quantitative estimate of drug-likeness (QED) is 0.207. The highest BCUT2D eigenvalue weighted by molar-refractivity contribution is 6.01. The van der Waals surface area contributed by atoms with Gasteiger partial charge >= 0.3 is 0 Å². The Balaban J connectivity index is 1.63. The summed E-state index contributed by atoms with van der Waals surface area (Å²) in [7, 11) is 1.62. The van der Waals surface area contributed by atoms with Gasteiger partial charge in [0.25, 0.3) is 5.91 Å². The number of methoxy groups -OCH3 is 1. The van der Waals surface area contributed by atoms with Gasteiger partial charge in [0.05, 0.1) is 18.5 Å². The van der Waals surface area contributed by atoms with E-state index < -0.39 is 0 Å². The molecule has 0 saturated carbocycles. The van der Waals surface area contributed by atoms with Crippen molar-refractivity contribution >= 4 is 17.6 Å². The lowest BCUT2D eigenvalue weighted by Crippen LogP contribution is -2.40. The van der Waals surface area contributed by atoms with Gasteiger partial charge in [0, 0.05) is 17.7 Å². The number of rotatable bonds is 12. The van der Waals surface area contributed by atoms with Crippen LogP contribution in [-0.2, 0) is 11.2 Å². The van der Waals surface area contributed by atoms with Crippen LogP contribution in [0.1, 0.15) is 55.2 Å². The van der Waals surface area contributed by atoms with E-state index in [0.29, 0.717) is 17.9 Å². The number of benzene rings is 3. The summed E-state index contributed by atoms with van der Waals surface area (Å²) in [6.45, 7) is 8.57. The summed E-state index contributed by atoms with van der Waals surface area (Å²) < 4.78 is 7.05. The summed E-state index contributed by atoms with van der Waals surface area (Å²) >= 11 is 0. The van der Waals surface area contributed by atoms with Crippen LogP contribution in [0, 0.1) is 12.8 Å². The molecule has 41 heavy (non-hydrogen) atoms.